The van der Waals surface area contributed by atoms with Crippen LogP contribution in [0.4, 0.5) is 22.0 Å². The van der Waals surface area contributed by atoms with Crippen LogP contribution in [-0.2, 0) is 0 Å². The van der Waals surface area contributed by atoms with Crippen LogP contribution >= 0.6 is 0 Å². The normalized spacial score (nSPS) is 10.8. The molecule has 0 fully saturated rings. The predicted octanol–water partition coefficient (Wildman–Crippen LogP) is 2.65. The SMILES string of the molecule is Cc1cc([B]c2c(F)cc(C)c(F)c2F)c(F)cc1F. The predicted molar refractivity (Wildman–Crippen MR) is 67.2 cm³/mol. The van der Waals surface area contributed by atoms with Crippen molar-refractivity contribution in [2.75, 3.05) is 0 Å². The molecule has 0 aliphatic carbocycles. The van der Waals surface area contributed by atoms with Crippen LogP contribution in [0.5, 0.6) is 0 Å². The van der Waals surface area contributed by atoms with Crippen molar-refractivity contribution < 1.29 is 22.0 Å². The number of hydrogen-bond acceptors (Lipinski definition) is 0. The maximum absolute atomic E-state index is 13.7. The molecule has 0 saturated carbocycles. The molecule has 1 radical (unpaired) electrons. The second kappa shape index (κ2) is 5.27. The van der Waals surface area contributed by atoms with Gasteiger partial charge in [-0.1, -0.05) is 6.07 Å². The van der Waals surface area contributed by atoms with E-state index in [1.165, 1.54) is 13.8 Å². The van der Waals surface area contributed by atoms with Crippen LogP contribution in [-0.4, -0.2) is 7.28 Å². The Bertz CT molecular complexity index is 682. The van der Waals surface area contributed by atoms with Gasteiger partial charge in [0.1, 0.15) is 17.5 Å². The average molecular weight is 283 g/mol. The summed E-state index contributed by atoms with van der Waals surface area (Å²) in [5.74, 6) is -5.35. The van der Waals surface area contributed by atoms with Crippen molar-refractivity contribution >= 4 is 18.2 Å². The van der Waals surface area contributed by atoms with Gasteiger partial charge in [0.2, 0.25) is 7.28 Å². The number of benzene rings is 2. The Morgan fingerprint density at radius 3 is 2.00 bits per heavy atom. The minimum absolute atomic E-state index is 0.117. The first-order chi connectivity index (χ1) is 9.31. The third-order valence-electron chi connectivity index (χ3n) is 2.95. The second-order valence-electron chi connectivity index (χ2n) is 4.48. The van der Waals surface area contributed by atoms with Gasteiger partial charge >= 0.3 is 0 Å². The lowest BCUT2D eigenvalue weighted by Crippen LogP contribution is -2.35. The summed E-state index contributed by atoms with van der Waals surface area (Å²) in [6.07, 6.45) is 0. The molecular formula is C14H9BF5. The van der Waals surface area contributed by atoms with Crippen LogP contribution in [0.3, 0.4) is 0 Å². The Hall–Kier alpha value is -1.85. The molecule has 2 aromatic rings. The van der Waals surface area contributed by atoms with Gasteiger partial charge in [-0.2, -0.15) is 0 Å². The molecule has 0 spiro atoms. The van der Waals surface area contributed by atoms with Crippen molar-refractivity contribution in [2.24, 2.45) is 0 Å². The Labute approximate surface area is 113 Å². The monoisotopic (exact) mass is 283 g/mol. The lowest BCUT2D eigenvalue weighted by atomic mass is 9.62. The first-order valence-corrected chi connectivity index (χ1v) is 5.75. The van der Waals surface area contributed by atoms with E-state index >= 15 is 0 Å². The molecule has 0 nitrogen and oxygen atoms in total. The fourth-order valence-electron chi connectivity index (χ4n) is 1.81. The zero-order valence-electron chi connectivity index (χ0n) is 10.7. The molecule has 0 atom stereocenters. The molecule has 0 aromatic heterocycles. The van der Waals surface area contributed by atoms with E-state index in [0.717, 1.165) is 19.4 Å². The number of aryl methyl sites for hydroxylation is 2. The quantitative estimate of drug-likeness (QED) is 0.451. The molecule has 6 heteroatoms. The third-order valence-corrected chi connectivity index (χ3v) is 2.95. The standard InChI is InChI=1S/C14H9BF5/c1-6-3-8(10(17)5-9(6)16)15-12-11(18)4-7(2)13(19)14(12)20/h3-5H,1-2H3. The van der Waals surface area contributed by atoms with Crippen molar-refractivity contribution in [1.29, 1.82) is 0 Å². The minimum atomic E-state index is -1.40. The Morgan fingerprint density at radius 2 is 1.35 bits per heavy atom. The summed E-state index contributed by atoms with van der Waals surface area (Å²) in [7, 11) is 0.814. The summed E-state index contributed by atoms with van der Waals surface area (Å²) in [5.41, 5.74) is -0.984. The van der Waals surface area contributed by atoms with Gasteiger partial charge in [-0.15, -0.1) is 0 Å². The zero-order chi connectivity index (χ0) is 15.0. The van der Waals surface area contributed by atoms with Crippen molar-refractivity contribution in [3.05, 3.63) is 58.4 Å². The summed E-state index contributed by atoms with van der Waals surface area (Å²) < 4.78 is 67.4. The molecule has 0 unspecified atom stereocenters. The lowest BCUT2D eigenvalue weighted by Gasteiger charge is -2.09. The molecule has 0 aliphatic heterocycles. The van der Waals surface area contributed by atoms with Crippen LogP contribution in [0.1, 0.15) is 11.1 Å². The lowest BCUT2D eigenvalue weighted by molar-refractivity contribution is 0.497. The molecule has 0 saturated heterocycles. The van der Waals surface area contributed by atoms with Gasteiger partial charge in [-0.05, 0) is 42.0 Å². The maximum atomic E-state index is 13.7. The third kappa shape index (κ3) is 2.55. The molecule has 20 heavy (non-hydrogen) atoms. The number of halogens is 5. The summed E-state index contributed by atoms with van der Waals surface area (Å²) >= 11 is 0. The van der Waals surface area contributed by atoms with Gasteiger partial charge < -0.3 is 0 Å². The highest BCUT2D eigenvalue weighted by molar-refractivity contribution is 6.67. The van der Waals surface area contributed by atoms with E-state index in [0.29, 0.717) is 6.07 Å². The Morgan fingerprint density at radius 1 is 0.700 bits per heavy atom. The van der Waals surface area contributed by atoms with E-state index < -0.39 is 34.5 Å². The molecule has 2 aromatic carbocycles. The highest BCUT2D eigenvalue weighted by Crippen LogP contribution is 2.12. The van der Waals surface area contributed by atoms with Crippen LogP contribution in [0.2, 0.25) is 0 Å². The summed E-state index contributed by atoms with van der Waals surface area (Å²) in [6, 6.07) is 2.53. The van der Waals surface area contributed by atoms with Gasteiger partial charge in [-0.3, -0.25) is 0 Å². The van der Waals surface area contributed by atoms with Crippen LogP contribution < -0.4 is 10.9 Å². The molecule has 0 aliphatic rings. The van der Waals surface area contributed by atoms with Crippen molar-refractivity contribution in [3.63, 3.8) is 0 Å². The summed E-state index contributed by atoms with van der Waals surface area (Å²) in [5, 5.41) is 0. The number of rotatable bonds is 2. The fourth-order valence-corrected chi connectivity index (χ4v) is 1.81. The summed E-state index contributed by atoms with van der Waals surface area (Å²) in [4.78, 5) is 0. The van der Waals surface area contributed by atoms with Gasteiger partial charge in [0, 0.05) is 6.07 Å². The van der Waals surface area contributed by atoms with Gasteiger partial charge in [0.15, 0.2) is 11.6 Å². The molecule has 0 N–H and O–H groups in total. The molecule has 103 valence electrons. The van der Waals surface area contributed by atoms with Crippen LogP contribution in [0.25, 0.3) is 0 Å². The van der Waals surface area contributed by atoms with Gasteiger partial charge in [-0.25, -0.2) is 22.0 Å². The molecule has 0 amide bonds. The first kappa shape index (κ1) is 14.6. The summed E-state index contributed by atoms with van der Waals surface area (Å²) in [6.45, 7) is 2.60. The smallest absolute Gasteiger partial charge is 0.203 e. The van der Waals surface area contributed by atoms with Crippen molar-refractivity contribution in [2.45, 2.75) is 13.8 Å². The van der Waals surface area contributed by atoms with Gasteiger partial charge in [0.05, 0.1) is 0 Å². The van der Waals surface area contributed by atoms with E-state index in [1.807, 2.05) is 0 Å². The van der Waals surface area contributed by atoms with E-state index in [9.17, 15) is 22.0 Å². The molecule has 0 heterocycles. The Kier molecular flexibility index (Phi) is 3.83. The molecule has 2 rings (SSSR count). The van der Waals surface area contributed by atoms with E-state index in [4.69, 9.17) is 0 Å². The minimum Gasteiger partial charge on any atom is -0.208 e. The van der Waals surface area contributed by atoms with Crippen LogP contribution in [0, 0.1) is 42.9 Å². The van der Waals surface area contributed by atoms with E-state index in [2.05, 4.69) is 0 Å². The highest BCUT2D eigenvalue weighted by Gasteiger charge is 2.20. The molecule has 0 bridgehead atoms. The average Bonchev–Trinajstić information content (AvgIpc) is 2.38. The van der Waals surface area contributed by atoms with E-state index in [1.54, 1.807) is 0 Å². The Balaban J connectivity index is 2.51. The van der Waals surface area contributed by atoms with Crippen molar-refractivity contribution in [3.8, 4) is 0 Å². The van der Waals surface area contributed by atoms with E-state index in [-0.39, 0.29) is 16.6 Å². The zero-order valence-corrected chi connectivity index (χ0v) is 10.7. The van der Waals surface area contributed by atoms with Crippen molar-refractivity contribution in [1.82, 2.24) is 0 Å². The largest absolute Gasteiger partial charge is 0.208 e. The fraction of sp³-hybridized carbons (Fsp3) is 0.143. The van der Waals surface area contributed by atoms with Crippen LogP contribution in [0.15, 0.2) is 18.2 Å². The number of hydrogen-bond donors (Lipinski definition) is 0. The topological polar surface area (TPSA) is 0 Å². The molecular weight excluding hydrogens is 274 g/mol. The second-order valence-corrected chi connectivity index (χ2v) is 4.48. The maximum Gasteiger partial charge on any atom is 0.203 e. The van der Waals surface area contributed by atoms with Gasteiger partial charge in [0.25, 0.3) is 0 Å². The first-order valence-electron chi connectivity index (χ1n) is 5.75. The highest BCUT2D eigenvalue weighted by atomic mass is 19.2.